The van der Waals surface area contributed by atoms with Gasteiger partial charge in [0.05, 0.1) is 0 Å². The number of nitrogens with one attached hydrogen (secondary N) is 2. The molecule has 6 heteroatoms. The highest BCUT2D eigenvalue weighted by Gasteiger charge is 2.38. The average molecular weight is 991 g/mol. The largest absolute Gasteiger partial charge is 0.461 e. The van der Waals surface area contributed by atoms with E-state index < -0.39 is 0 Å². The maximum Gasteiger partial charge on any atom is 0.306 e. The SMILES string of the molecule is CC(C)(C)c1ccc(C(c2ccc(C(C)(C)C)cc2)[C@H]2C[C@@H](OC(=O)CC3CCC(CC4CCC(CC(=O)O[C@H]5CN[C@@H](C(c6ccc(C(C)(C)C)cc6)c6ccc(C(C)(C)C)cc6)C5)CC4)CC3)CN2)cc1. The van der Waals surface area contributed by atoms with Gasteiger partial charge in [-0.3, -0.25) is 9.59 Å². The Hall–Kier alpha value is -4.26. The number of esters is 2. The van der Waals surface area contributed by atoms with E-state index >= 15 is 0 Å². The van der Waals surface area contributed by atoms with Crippen LogP contribution in [0.15, 0.2) is 97.1 Å². The third kappa shape index (κ3) is 14.6. The summed E-state index contributed by atoms with van der Waals surface area (Å²) in [4.78, 5) is 27.0. The van der Waals surface area contributed by atoms with Crippen LogP contribution in [0.2, 0.25) is 0 Å². The first kappa shape index (κ1) is 55.0. The highest BCUT2D eigenvalue weighted by molar-refractivity contribution is 5.70. The quantitative estimate of drug-likeness (QED) is 0.123. The van der Waals surface area contributed by atoms with E-state index in [1.807, 2.05) is 0 Å². The normalized spacial score (nSPS) is 25.3. The van der Waals surface area contributed by atoms with Crippen molar-refractivity contribution in [3.05, 3.63) is 142 Å². The van der Waals surface area contributed by atoms with E-state index in [9.17, 15) is 9.59 Å². The van der Waals surface area contributed by atoms with Crippen molar-refractivity contribution in [2.24, 2.45) is 23.7 Å². The van der Waals surface area contributed by atoms with Crippen molar-refractivity contribution in [2.75, 3.05) is 13.1 Å². The molecule has 0 aromatic heterocycles. The molecule has 0 spiro atoms. The maximum atomic E-state index is 13.5. The number of carbonyl (C=O) groups is 2. The van der Waals surface area contributed by atoms with Crippen molar-refractivity contribution in [3.8, 4) is 0 Å². The minimum absolute atomic E-state index is 0.0228. The lowest BCUT2D eigenvalue weighted by Gasteiger charge is -2.34. The van der Waals surface area contributed by atoms with Crippen LogP contribution in [0.4, 0.5) is 0 Å². The van der Waals surface area contributed by atoms with Gasteiger partial charge in [-0.05, 0) is 122 Å². The van der Waals surface area contributed by atoms with Gasteiger partial charge >= 0.3 is 11.9 Å². The molecule has 0 amide bonds. The van der Waals surface area contributed by atoms with E-state index in [-0.39, 0.29) is 69.7 Å². The van der Waals surface area contributed by atoms with Crippen molar-refractivity contribution in [2.45, 2.75) is 224 Å². The molecule has 396 valence electrons. The van der Waals surface area contributed by atoms with Crippen molar-refractivity contribution in [3.63, 3.8) is 0 Å². The second kappa shape index (κ2) is 22.9. The molecule has 4 aromatic rings. The molecule has 2 heterocycles. The van der Waals surface area contributed by atoms with Crippen LogP contribution in [0.1, 0.15) is 223 Å². The summed E-state index contributed by atoms with van der Waals surface area (Å²) >= 11 is 0. The molecule has 6 nitrogen and oxygen atoms in total. The monoisotopic (exact) mass is 991 g/mol. The topological polar surface area (TPSA) is 76.7 Å². The second-order valence-electron chi connectivity index (χ2n) is 27.6. The highest BCUT2D eigenvalue weighted by Crippen LogP contribution is 2.42. The summed E-state index contributed by atoms with van der Waals surface area (Å²) in [5.41, 5.74) is 11.0. The lowest BCUT2D eigenvalue weighted by molar-refractivity contribution is -0.150. The van der Waals surface area contributed by atoms with Crippen molar-refractivity contribution in [1.29, 1.82) is 0 Å². The van der Waals surface area contributed by atoms with E-state index in [1.165, 1.54) is 76.6 Å². The Labute approximate surface area is 442 Å². The molecule has 4 atom stereocenters. The van der Waals surface area contributed by atoms with Crippen LogP contribution in [0, 0.1) is 23.7 Å². The Kier molecular flexibility index (Phi) is 17.3. The van der Waals surface area contributed by atoms with E-state index in [4.69, 9.17) is 9.47 Å². The second-order valence-corrected chi connectivity index (χ2v) is 27.6. The van der Waals surface area contributed by atoms with Gasteiger partial charge in [-0.15, -0.1) is 0 Å². The van der Waals surface area contributed by atoms with Gasteiger partial charge in [0.2, 0.25) is 0 Å². The molecule has 4 aliphatic rings. The number of benzene rings is 4. The molecule has 0 unspecified atom stereocenters. The molecular weight excluding hydrogens is 897 g/mol. The van der Waals surface area contributed by atoms with Gasteiger partial charge in [0, 0.05) is 62.7 Å². The molecule has 73 heavy (non-hydrogen) atoms. The van der Waals surface area contributed by atoms with Crippen LogP contribution >= 0.6 is 0 Å². The predicted octanol–water partition coefficient (Wildman–Crippen LogP) is 15.2. The van der Waals surface area contributed by atoms with Crippen molar-refractivity contribution < 1.29 is 19.1 Å². The Morgan fingerprint density at radius 2 is 0.658 bits per heavy atom. The zero-order valence-electron chi connectivity index (χ0n) is 47.3. The van der Waals surface area contributed by atoms with Crippen LogP contribution in [-0.4, -0.2) is 49.3 Å². The molecular formula is C67H94N2O4. The van der Waals surface area contributed by atoms with Gasteiger partial charge < -0.3 is 20.1 Å². The van der Waals surface area contributed by atoms with E-state index in [0.717, 1.165) is 50.4 Å². The Morgan fingerprint density at radius 1 is 0.411 bits per heavy atom. The molecule has 4 aromatic carbocycles. The summed E-state index contributed by atoms with van der Waals surface area (Å²) in [6, 6.07) is 37.2. The molecule has 0 bridgehead atoms. The lowest BCUT2D eigenvalue weighted by Crippen LogP contribution is -2.30. The molecule has 4 fully saturated rings. The summed E-state index contributed by atoms with van der Waals surface area (Å²) in [6.07, 6.45) is 13.1. The van der Waals surface area contributed by atoms with Crippen LogP contribution in [0.25, 0.3) is 0 Å². The number of carbonyl (C=O) groups excluding carboxylic acids is 2. The average Bonchev–Trinajstić information content (AvgIpc) is 3.99. The van der Waals surface area contributed by atoms with E-state index in [1.54, 1.807) is 0 Å². The fraction of sp³-hybridized carbons (Fsp3) is 0.612. The van der Waals surface area contributed by atoms with Crippen molar-refractivity contribution in [1.82, 2.24) is 10.6 Å². The number of ether oxygens (including phenoxy) is 2. The van der Waals surface area contributed by atoms with Gasteiger partial charge in [-0.25, -0.2) is 0 Å². The van der Waals surface area contributed by atoms with E-state index in [2.05, 4.69) is 191 Å². The van der Waals surface area contributed by atoms with Gasteiger partial charge in [0.1, 0.15) is 12.2 Å². The minimum atomic E-state index is -0.106. The number of rotatable bonds is 14. The van der Waals surface area contributed by atoms with Crippen LogP contribution < -0.4 is 10.6 Å². The highest BCUT2D eigenvalue weighted by atomic mass is 16.5. The molecule has 0 radical (unpaired) electrons. The summed E-state index contributed by atoms with van der Waals surface area (Å²) < 4.78 is 12.5. The summed E-state index contributed by atoms with van der Waals surface area (Å²) in [6.45, 7) is 28.6. The summed E-state index contributed by atoms with van der Waals surface area (Å²) in [5.74, 6) is 2.62. The molecule has 2 saturated carbocycles. The number of hydrogen-bond acceptors (Lipinski definition) is 6. The molecule has 2 aliphatic carbocycles. The van der Waals surface area contributed by atoms with Crippen molar-refractivity contribution >= 4 is 11.9 Å². The van der Waals surface area contributed by atoms with Crippen LogP contribution in [0.3, 0.4) is 0 Å². The number of hydrogen-bond donors (Lipinski definition) is 2. The first-order chi connectivity index (χ1) is 34.5. The standard InChI is InChI=1S/C67H94N2O4/c1-64(2,3)52-29-21-48(22-30-52)62(49-23-31-53(32-24-49)65(4,5)6)58-40-56(42-68-58)72-60(70)38-46-17-13-44(14-18-46)37-45-15-19-47(20-16-45)39-61(71)73-57-41-59(69-43-57)63(50-25-33-54(34-26-50)66(7,8)9)51-27-35-55(36-28-51)67(10,11)12/h21-36,44-47,56-59,62-63,68-69H,13-20,37-43H2,1-12H3/t44?,45?,46?,47?,56-,57-,58-,59-/m1/s1. The van der Waals surface area contributed by atoms with E-state index in [0.29, 0.717) is 37.8 Å². The zero-order valence-corrected chi connectivity index (χ0v) is 47.3. The lowest BCUT2D eigenvalue weighted by atomic mass is 9.72. The fourth-order valence-electron chi connectivity index (χ4n) is 13.0. The molecule has 2 aliphatic heterocycles. The Bertz CT molecular complexity index is 2110. The Morgan fingerprint density at radius 3 is 0.904 bits per heavy atom. The fourth-order valence-corrected chi connectivity index (χ4v) is 13.0. The maximum absolute atomic E-state index is 13.5. The summed E-state index contributed by atoms with van der Waals surface area (Å²) in [5, 5.41) is 7.59. The molecule has 8 rings (SSSR count). The molecule has 2 saturated heterocycles. The van der Waals surface area contributed by atoms with Gasteiger partial charge in [-0.1, -0.05) is 206 Å². The predicted molar refractivity (Wildman–Crippen MR) is 302 cm³/mol. The van der Waals surface area contributed by atoms with Crippen LogP contribution in [-0.2, 0) is 40.7 Å². The first-order valence-corrected chi connectivity index (χ1v) is 28.7. The third-order valence-electron chi connectivity index (χ3n) is 17.7. The van der Waals surface area contributed by atoms with Gasteiger partial charge in [0.15, 0.2) is 0 Å². The molecule has 2 N–H and O–H groups in total. The summed E-state index contributed by atoms with van der Waals surface area (Å²) in [7, 11) is 0. The van der Waals surface area contributed by atoms with Crippen LogP contribution in [0.5, 0.6) is 0 Å². The smallest absolute Gasteiger partial charge is 0.306 e. The third-order valence-corrected chi connectivity index (χ3v) is 17.7. The first-order valence-electron chi connectivity index (χ1n) is 28.7. The zero-order chi connectivity index (χ0) is 52.3. The Balaban J connectivity index is 0.754. The minimum Gasteiger partial charge on any atom is -0.461 e. The van der Waals surface area contributed by atoms with Gasteiger partial charge in [0.25, 0.3) is 0 Å². The van der Waals surface area contributed by atoms with Gasteiger partial charge in [-0.2, -0.15) is 0 Å².